The highest BCUT2D eigenvalue weighted by atomic mass is 32.1. The summed E-state index contributed by atoms with van der Waals surface area (Å²) >= 11 is 5.44. The van der Waals surface area contributed by atoms with Crippen LogP contribution in [0, 0.1) is 11.7 Å². The van der Waals surface area contributed by atoms with E-state index in [9.17, 15) is 14.0 Å². The number of hydrogen-bond donors (Lipinski definition) is 1. The first kappa shape index (κ1) is 18.6. The number of rotatable bonds is 2. The van der Waals surface area contributed by atoms with Crippen LogP contribution in [0.15, 0.2) is 53.3 Å². The van der Waals surface area contributed by atoms with Crippen LogP contribution in [0.2, 0.25) is 0 Å². The number of aromatic nitrogens is 1. The highest BCUT2D eigenvalue weighted by Gasteiger charge is 2.35. The van der Waals surface area contributed by atoms with Crippen LogP contribution in [0.3, 0.4) is 0 Å². The average molecular weight is 397 g/mol. The number of nitrogens with zero attached hydrogens (tertiary/aromatic N) is 2. The molecule has 0 radical (unpaired) electrons. The molecular formula is C21H20FN3O2S. The fraction of sp³-hybridized carbons (Fsp3) is 0.286. The average Bonchev–Trinajstić information content (AvgIpc) is 2.68. The molecule has 3 heterocycles. The second-order valence-electron chi connectivity index (χ2n) is 7.28. The molecule has 2 aliphatic rings. The van der Waals surface area contributed by atoms with Gasteiger partial charge in [-0.2, -0.15) is 0 Å². The number of likely N-dealkylation sites (tertiary alicyclic amines) is 1. The van der Waals surface area contributed by atoms with E-state index >= 15 is 0 Å². The van der Waals surface area contributed by atoms with Gasteiger partial charge in [0, 0.05) is 43.4 Å². The van der Waals surface area contributed by atoms with Gasteiger partial charge >= 0.3 is 0 Å². The number of piperidine rings is 1. The van der Waals surface area contributed by atoms with Gasteiger partial charge in [-0.05, 0) is 54.4 Å². The van der Waals surface area contributed by atoms with Crippen LogP contribution in [-0.4, -0.2) is 33.6 Å². The zero-order valence-electron chi connectivity index (χ0n) is 15.2. The minimum Gasteiger partial charge on any atom is -0.348 e. The Hall–Kier alpha value is -2.80. The maximum atomic E-state index is 12.9. The highest BCUT2D eigenvalue weighted by molar-refractivity contribution is 7.80. The van der Waals surface area contributed by atoms with Gasteiger partial charge in [0.2, 0.25) is 5.91 Å². The lowest BCUT2D eigenvalue weighted by atomic mass is 9.83. The molecule has 28 heavy (non-hydrogen) atoms. The Bertz CT molecular complexity index is 999. The van der Waals surface area contributed by atoms with Crippen molar-refractivity contribution in [2.75, 3.05) is 13.1 Å². The number of hydrogen-bond acceptors (Lipinski definition) is 3. The Morgan fingerprint density at radius 2 is 1.93 bits per heavy atom. The van der Waals surface area contributed by atoms with Crippen molar-refractivity contribution in [3.63, 3.8) is 0 Å². The van der Waals surface area contributed by atoms with E-state index in [1.807, 2.05) is 15.5 Å². The van der Waals surface area contributed by atoms with Crippen LogP contribution < -0.4 is 10.9 Å². The molecule has 2 aliphatic heterocycles. The van der Waals surface area contributed by atoms with Gasteiger partial charge < -0.3 is 9.47 Å². The quantitative estimate of drug-likeness (QED) is 0.625. The second kappa shape index (κ2) is 7.67. The van der Waals surface area contributed by atoms with Crippen LogP contribution in [0.4, 0.5) is 4.39 Å². The Labute approximate surface area is 167 Å². The lowest BCUT2D eigenvalue weighted by Gasteiger charge is -2.43. The zero-order valence-corrected chi connectivity index (χ0v) is 16.0. The first-order chi connectivity index (χ1) is 13.5. The van der Waals surface area contributed by atoms with E-state index < -0.39 is 0 Å². The van der Waals surface area contributed by atoms with Gasteiger partial charge in [0.1, 0.15) is 5.82 Å². The van der Waals surface area contributed by atoms with Gasteiger partial charge in [0.25, 0.3) is 5.56 Å². The first-order valence-electron chi connectivity index (χ1n) is 9.23. The molecule has 1 N–H and O–H groups in total. The second-order valence-corrected chi connectivity index (χ2v) is 7.67. The lowest BCUT2D eigenvalue weighted by Crippen LogP contribution is -2.52. The smallest absolute Gasteiger partial charge is 0.250 e. The summed E-state index contributed by atoms with van der Waals surface area (Å²) in [6.07, 6.45) is 4.03. The molecule has 1 saturated heterocycles. The molecule has 0 spiro atoms. The summed E-state index contributed by atoms with van der Waals surface area (Å²) in [6.45, 7) is 2.09. The zero-order chi connectivity index (χ0) is 19.7. The number of benzene rings is 1. The van der Waals surface area contributed by atoms with Gasteiger partial charge in [-0.15, -0.1) is 0 Å². The van der Waals surface area contributed by atoms with Crippen molar-refractivity contribution in [1.29, 1.82) is 0 Å². The number of halogens is 1. The van der Waals surface area contributed by atoms with Crippen LogP contribution in [0.5, 0.6) is 0 Å². The third kappa shape index (κ3) is 3.89. The maximum absolute atomic E-state index is 12.9. The highest BCUT2D eigenvalue weighted by Crippen LogP contribution is 2.34. The van der Waals surface area contributed by atoms with Gasteiger partial charge in [-0.3, -0.25) is 14.9 Å². The van der Waals surface area contributed by atoms with Crippen LogP contribution >= 0.6 is 12.2 Å². The Kier molecular flexibility index (Phi) is 5.09. The number of nitrogens with one attached hydrogen (secondary N) is 1. The number of carbonyl (C=O) groups excluding carboxylic acids is 1. The molecule has 0 aliphatic carbocycles. The predicted molar refractivity (Wildman–Crippen MR) is 109 cm³/mol. The summed E-state index contributed by atoms with van der Waals surface area (Å²) in [5.74, 6) is -0.0779. The molecule has 2 atom stereocenters. The van der Waals surface area contributed by atoms with Gasteiger partial charge in [-0.25, -0.2) is 4.39 Å². The van der Waals surface area contributed by atoms with Crippen molar-refractivity contribution in [2.45, 2.75) is 18.9 Å². The van der Waals surface area contributed by atoms with Crippen molar-refractivity contribution in [3.8, 4) is 0 Å². The summed E-state index contributed by atoms with van der Waals surface area (Å²) in [4.78, 5) is 26.3. The largest absolute Gasteiger partial charge is 0.348 e. The van der Waals surface area contributed by atoms with E-state index in [-0.39, 0.29) is 23.2 Å². The van der Waals surface area contributed by atoms with Gasteiger partial charge in [-0.1, -0.05) is 18.2 Å². The third-order valence-corrected chi connectivity index (χ3v) is 5.65. The molecule has 0 saturated carbocycles. The number of pyridine rings is 1. The summed E-state index contributed by atoms with van der Waals surface area (Å²) in [7, 11) is 0. The summed E-state index contributed by atoms with van der Waals surface area (Å²) in [5.41, 5.74) is 1.82. The predicted octanol–water partition coefficient (Wildman–Crippen LogP) is 2.52. The summed E-state index contributed by atoms with van der Waals surface area (Å²) < 4.78 is 14.8. The molecule has 0 unspecified atom stereocenters. The van der Waals surface area contributed by atoms with Crippen LogP contribution in [-0.2, 0) is 11.3 Å². The summed E-state index contributed by atoms with van der Waals surface area (Å²) in [5, 5.41) is 3.14. The van der Waals surface area contributed by atoms with E-state index in [1.54, 1.807) is 30.3 Å². The van der Waals surface area contributed by atoms with Crippen molar-refractivity contribution in [2.24, 2.45) is 5.92 Å². The lowest BCUT2D eigenvalue weighted by molar-refractivity contribution is -0.115. The molecule has 1 amide bonds. The van der Waals surface area contributed by atoms with E-state index in [4.69, 9.17) is 12.2 Å². The summed E-state index contributed by atoms with van der Waals surface area (Å²) in [6, 6.07) is 11.3. The van der Waals surface area contributed by atoms with Crippen molar-refractivity contribution in [3.05, 3.63) is 76.0 Å². The molecule has 1 aromatic heterocycles. The standard InChI is InChI=1S/C21H20FN3O2S/c22-17-7-4-14(5-8-17)6-9-19(26)23-21(28)24-11-15-10-16(13-24)18-2-1-3-20(27)25(18)12-15/h1-9,15-16H,10-13H2,(H,23,26,28)/b9-6+/t15-,16-/m1/s1. The number of amides is 1. The van der Waals surface area contributed by atoms with E-state index in [0.717, 1.165) is 24.2 Å². The molecule has 5 nitrogen and oxygen atoms in total. The minimum absolute atomic E-state index is 0.0439. The number of carbonyl (C=O) groups is 1. The van der Waals surface area contributed by atoms with Crippen LogP contribution in [0.1, 0.15) is 23.6 Å². The molecule has 4 rings (SSSR count). The van der Waals surface area contributed by atoms with Gasteiger partial charge in [0.05, 0.1) is 0 Å². The van der Waals surface area contributed by atoms with Gasteiger partial charge in [0.15, 0.2) is 5.11 Å². The minimum atomic E-state index is -0.318. The maximum Gasteiger partial charge on any atom is 0.250 e. The topological polar surface area (TPSA) is 54.3 Å². The van der Waals surface area contributed by atoms with E-state index in [0.29, 0.717) is 24.1 Å². The third-order valence-electron chi connectivity index (χ3n) is 5.29. The molecule has 7 heteroatoms. The molecular weight excluding hydrogens is 377 g/mol. The Balaban J connectivity index is 1.40. The molecule has 144 valence electrons. The van der Waals surface area contributed by atoms with E-state index in [1.165, 1.54) is 18.2 Å². The molecule has 1 aromatic carbocycles. The van der Waals surface area contributed by atoms with Crippen molar-refractivity contribution >= 4 is 29.3 Å². The fourth-order valence-electron chi connectivity index (χ4n) is 4.03. The van der Waals surface area contributed by atoms with Crippen LogP contribution in [0.25, 0.3) is 6.08 Å². The first-order valence-corrected chi connectivity index (χ1v) is 9.64. The molecule has 2 aromatic rings. The Morgan fingerprint density at radius 3 is 2.71 bits per heavy atom. The van der Waals surface area contributed by atoms with Crippen molar-refractivity contribution < 1.29 is 9.18 Å². The van der Waals surface area contributed by atoms with Crippen molar-refractivity contribution in [1.82, 2.24) is 14.8 Å². The number of thiocarbonyl (C=S) groups is 1. The molecule has 2 bridgehead atoms. The fourth-order valence-corrected chi connectivity index (χ4v) is 4.28. The van der Waals surface area contributed by atoms with E-state index in [2.05, 4.69) is 5.32 Å². The number of fused-ring (bicyclic) bond motifs is 4. The normalized spacial score (nSPS) is 20.7. The monoisotopic (exact) mass is 397 g/mol. The molecule has 1 fully saturated rings. The Morgan fingerprint density at radius 1 is 1.14 bits per heavy atom. The SMILES string of the molecule is O=C(/C=C/c1ccc(F)cc1)NC(=S)N1C[C@H]2C[C@H](C1)c1cccc(=O)n1C2.